The first kappa shape index (κ1) is 12.9. The number of ether oxygens (including phenoxy) is 1. The van der Waals surface area contributed by atoms with E-state index in [4.69, 9.17) is 4.74 Å². The Morgan fingerprint density at radius 3 is 3.00 bits per heavy atom. The van der Waals surface area contributed by atoms with E-state index in [-0.39, 0.29) is 5.91 Å². The van der Waals surface area contributed by atoms with Crippen molar-refractivity contribution < 1.29 is 9.53 Å². The fourth-order valence-electron chi connectivity index (χ4n) is 2.27. The van der Waals surface area contributed by atoms with Crippen molar-refractivity contribution in [1.29, 1.82) is 0 Å². The second-order valence-electron chi connectivity index (χ2n) is 4.76. The third-order valence-electron chi connectivity index (χ3n) is 3.11. The first-order valence-electron chi connectivity index (χ1n) is 6.38. The molecule has 0 aliphatic carbocycles. The normalized spacial score (nSPS) is 16.8. The van der Waals surface area contributed by atoms with Gasteiger partial charge in [0.1, 0.15) is 12.4 Å². The molecule has 4 nitrogen and oxygen atoms in total. The topological polar surface area (TPSA) is 41.6 Å². The lowest BCUT2D eigenvalue weighted by molar-refractivity contribution is 0.0731. The van der Waals surface area contributed by atoms with Crippen LogP contribution in [0.25, 0.3) is 0 Å². The van der Waals surface area contributed by atoms with Gasteiger partial charge in [0.15, 0.2) is 0 Å². The van der Waals surface area contributed by atoms with Gasteiger partial charge in [0, 0.05) is 6.54 Å². The van der Waals surface area contributed by atoms with Crippen molar-refractivity contribution in [3.63, 3.8) is 0 Å². The molecule has 1 heterocycles. The van der Waals surface area contributed by atoms with Gasteiger partial charge in [-0.05, 0) is 31.6 Å². The van der Waals surface area contributed by atoms with Crippen molar-refractivity contribution in [3.8, 4) is 5.75 Å². The highest BCUT2D eigenvalue weighted by Gasteiger charge is 2.23. The van der Waals surface area contributed by atoms with Gasteiger partial charge in [-0.25, -0.2) is 0 Å². The lowest BCUT2D eigenvalue weighted by Gasteiger charge is -2.23. The lowest BCUT2D eigenvalue weighted by atomic mass is 10.1. The van der Waals surface area contributed by atoms with E-state index < -0.39 is 0 Å². The highest BCUT2D eigenvalue weighted by Crippen LogP contribution is 2.22. The number of hydrogen-bond donors (Lipinski definition) is 1. The molecule has 0 saturated carbocycles. The van der Waals surface area contributed by atoms with Gasteiger partial charge < -0.3 is 15.0 Å². The highest BCUT2D eigenvalue weighted by atomic mass is 16.5. The third-order valence-corrected chi connectivity index (χ3v) is 3.11. The van der Waals surface area contributed by atoms with Gasteiger partial charge in [0.2, 0.25) is 0 Å². The number of carbonyl (C=O) groups is 1. The molecule has 1 N–H and O–H groups in total. The molecule has 0 spiro atoms. The fraction of sp³-hybridized carbons (Fsp3) is 0.500. The Morgan fingerprint density at radius 1 is 1.44 bits per heavy atom. The number of para-hydroxylation sites is 1. The Hall–Kier alpha value is -1.55. The summed E-state index contributed by atoms with van der Waals surface area (Å²) >= 11 is 0. The molecule has 0 saturated heterocycles. The molecule has 1 aromatic rings. The van der Waals surface area contributed by atoms with Crippen LogP contribution >= 0.6 is 0 Å². The molecule has 1 amide bonds. The minimum absolute atomic E-state index is 0.0750. The van der Waals surface area contributed by atoms with Crippen LogP contribution in [0.2, 0.25) is 0 Å². The summed E-state index contributed by atoms with van der Waals surface area (Å²) in [6.45, 7) is 5.03. The molecular formula is C14H20N2O2. The van der Waals surface area contributed by atoms with E-state index in [9.17, 15) is 4.79 Å². The second-order valence-corrected chi connectivity index (χ2v) is 4.76. The highest BCUT2D eigenvalue weighted by molar-refractivity contribution is 5.97. The van der Waals surface area contributed by atoms with Crippen LogP contribution in [0.3, 0.4) is 0 Å². The van der Waals surface area contributed by atoms with E-state index >= 15 is 0 Å². The Bertz CT molecular complexity index is 420. The molecule has 1 aliphatic rings. The van der Waals surface area contributed by atoms with Crippen molar-refractivity contribution >= 4 is 5.91 Å². The van der Waals surface area contributed by atoms with Crippen molar-refractivity contribution in [3.05, 3.63) is 29.8 Å². The summed E-state index contributed by atoms with van der Waals surface area (Å²) in [5, 5.41) is 3.14. The van der Waals surface area contributed by atoms with Gasteiger partial charge in [0.05, 0.1) is 12.1 Å². The largest absolute Gasteiger partial charge is 0.491 e. The van der Waals surface area contributed by atoms with E-state index in [1.807, 2.05) is 36.2 Å². The molecule has 0 bridgehead atoms. The number of nitrogens with one attached hydrogen (secondary N) is 1. The predicted molar refractivity (Wildman–Crippen MR) is 70.9 cm³/mol. The molecule has 0 radical (unpaired) electrons. The predicted octanol–water partition coefficient (Wildman–Crippen LogP) is 1.38. The molecule has 1 aromatic carbocycles. The molecule has 98 valence electrons. The zero-order valence-electron chi connectivity index (χ0n) is 11.0. The van der Waals surface area contributed by atoms with Gasteiger partial charge in [-0.15, -0.1) is 0 Å². The summed E-state index contributed by atoms with van der Waals surface area (Å²) in [7, 11) is 1.93. The maximum atomic E-state index is 12.4. The molecular weight excluding hydrogens is 228 g/mol. The van der Waals surface area contributed by atoms with Crippen LogP contribution < -0.4 is 10.1 Å². The number of benzene rings is 1. The first-order chi connectivity index (χ1) is 8.72. The molecule has 2 rings (SSSR count). The smallest absolute Gasteiger partial charge is 0.257 e. The number of carbonyl (C=O) groups excluding carboxylic acids is 1. The molecule has 0 fully saturated rings. The van der Waals surface area contributed by atoms with E-state index in [0.29, 0.717) is 30.4 Å². The van der Waals surface area contributed by atoms with E-state index in [2.05, 4.69) is 12.2 Å². The summed E-state index contributed by atoms with van der Waals surface area (Å²) in [4.78, 5) is 14.3. The van der Waals surface area contributed by atoms with Crippen LogP contribution in [-0.2, 0) is 0 Å². The van der Waals surface area contributed by atoms with E-state index in [0.717, 1.165) is 13.1 Å². The van der Waals surface area contributed by atoms with Crippen LogP contribution in [0, 0.1) is 5.92 Å². The van der Waals surface area contributed by atoms with Crippen molar-refractivity contribution in [2.45, 2.75) is 6.92 Å². The maximum absolute atomic E-state index is 12.4. The van der Waals surface area contributed by atoms with Crippen molar-refractivity contribution in [2.75, 3.05) is 33.3 Å². The molecule has 1 atom stereocenters. The Labute approximate surface area is 108 Å². The minimum Gasteiger partial charge on any atom is -0.491 e. The monoisotopic (exact) mass is 248 g/mol. The van der Waals surface area contributed by atoms with Crippen LogP contribution in [0.4, 0.5) is 0 Å². The summed E-state index contributed by atoms with van der Waals surface area (Å²) in [5.74, 6) is 1.21. The van der Waals surface area contributed by atoms with Gasteiger partial charge >= 0.3 is 0 Å². The quantitative estimate of drug-likeness (QED) is 0.875. The molecule has 18 heavy (non-hydrogen) atoms. The van der Waals surface area contributed by atoms with Gasteiger partial charge in [-0.2, -0.15) is 0 Å². The fourth-order valence-corrected chi connectivity index (χ4v) is 2.27. The average molecular weight is 248 g/mol. The molecule has 1 unspecified atom stereocenters. The van der Waals surface area contributed by atoms with Gasteiger partial charge in [-0.3, -0.25) is 4.79 Å². The average Bonchev–Trinajstić information content (AvgIpc) is 2.51. The molecule has 0 aromatic heterocycles. The van der Waals surface area contributed by atoms with Crippen LogP contribution in [0.15, 0.2) is 24.3 Å². The number of rotatable bonds is 4. The summed E-state index contributed by atoms with van der Waals surface area (Å²) < 4.78 is 5.61. The van der Waals surface area contributed by atoms with E-state index in [1.54, 1.807) is 0 Å². The molecule has 1 aliphatic heterocycles. The van der Waals surface area contributed by atoms with Crippen LogP contribution in [-0.4, -0.2) is 44.1 Å². The minimum atomic E-state index is 0.0750. The second kappa shape index (κ2) is 5.87. The van der Waals surface area contributed by atoms with Crippen molar-refractivity contribution in [1.82, 2.24) is 10.2 Å². The SMILES string of the molecule is CNCC(C)CN1CCOc2ccccc2C1=O. The van der Waals surface area contributed by atoms with Gasteiger partial charge in [0.25, 0.3) is 5.91 Å². The Kier molecular flexibility index (Phi) is 4.20. The number of fused-ring (bicyclic) bond motifs is 1. The Morgan fingerprint density at radius 2 is 2.22 bits per heavy atom. The standard InChI is InChI=1S/C14H20N2O2/c1-11(9-15-2)10-16-7-8-18-13-6-4-3-5-12(13)14(16)17/h3-6,11,15H,7-10H2,1-2H3. The number of amides is 1. The van der Waals surface area contributed by atoms with Gasteiger partial charge in [-0.1, -0.05) is 19.1 Å². The number of nitrogens with zero attached hydrogens (tertiary/aromatic N) is 1. The van der Waals surface area contributed by atoms with Crippen LogP contribution in [0.5, 0.6) is 5.75 Å². The zero-order chi connectivity index (χ0) is 13.0. The number of hydrogen-bond acceptors (Lipinski definition) is 3. The summed E-state index contributed by atoms with van der Waals surface area (Å²) in [6.07, 6.45) is 0. The van der Waals surface area contributed by atoms with Crippen molar-refractivity contribution in [2.24, 2.45) is 5.92 Å². The first-order valence-corrected chi connectivity index (χ1v) is 6.38. The van der Waals surface area contributed by atoms with Crippen LogP contribution in [0.1, 0.15) is 17.3 Å². The Balaban J connectivity index is 2.12. The lowest BCUT2D eigenvalue weighted by Crippen LogP contribution is -2.38. The third kappa shape index (κ3) is 2.82. The summed E-state index contributed by atoms with van der Waals surface area (Å²) in [6, 6.07) is 7.46. The maximum Gasteiger partial charge on any atom is 0.257 e. The van der Waals surface area contributed by atoms with E-state index in [1.165, 1.54) is 0 Å². The molecule has 4 heteroatoms. The zero-order valence-corrected chi connectivity index (χ0v) is 11.0. The summed E-state index contributed by atoms with van der Waals surface area (Å²) in [5.41, 5.74) is 0.673.